The van der Waals surface area contributed by atoms with E-state index < -0.39 is 0 Å². The highest BCUT2D eigenvalue weighted by Crippen LogP contribution is 2.19. The van der Waals surface area contributed by atoms with E-state index in [0.717, 1.165) is 4.47 Å². The standard InChI is InChI=1S/C10H10BrN5O/c11-8-4-13-2-1-9(8)15-10(17)6-16-5-7(12)3-14-16/h1-5H,6,12H2,(H,13,15,17). The molecule has 0 spiro atoms. The minimum absolute atomic E-state index is 0.117. The van der Waals surface area contributed by atoms with Crippen molar-refractivity contribution in [2.45, 2.75) is 6.54 Å². The number of hydrogen-bond acceptors (Lipinski definition) is 4. The lowest BCUT2D eigenvalue weighted by Crippen LogP contribution is -2.19. The Morgan fingerprint density at radius 1 is 1.53 bits per heavy atom. The number of nitrogens with zero attached hydrogens (tertiary/aromatic N) is 3. The van der Waals surface area contributed by atoms with Crippen LogP contribution in [-0.4, -0.2) is 20.7 Å². The van der Waals surface area contributed by atoms with Crippen LogP contribution in [-0.2, 0) is 11.3 Å². The summed E-state index contributed by atoms with van der Waals surface area (Å²) in [6.45, 7) is 0.117. The van der Waals surface area contributed by atoms with Gasteiger partial charge in [0.05, 0.1) is 22.0 Å². The van der Waals surface area contributed by atoms with Crippen molar-refractivity contribution in [1.82, 2.24) is 14.8 Å². The lowest BCUT2D eigenvalue weighted by molar-refractivity contribution is -0.116. The SMILES string of the molecule is Nc1cnn(CC(=O)Nc2ccncc2Br)c1. The zero-order valence-electron chi connectivity index (χ0n) is 8.80. The second kappa shape index (κ2) is 4.96. The quantitative estimate of drug-likeness (QED) is 0.893. The van der Waals surface area contributed by atoms with Crippen molar-refractivity contribution >= 4 is 33.2 Å². The molecule has 0 aliphatic carbocycles. The average Bonchev–Trinajstić information content (AvgIpc) is 2.67. The maximum atomic E-state index is 11.7. The molecule has 0 aliphatic rings. The Labute approximate surface area is 106 Å². The van der Waals surface area contributed by atoms with E-state index in [1.807, 2.05) is 0 Å². The molecule has 3 N–H and O–H groups in total. The number of carbonyl (C=O) groups excluding carboxylic acids is 1. The Kier molecular flexibility index (Phi) is 3.38. The Morgan fingerprint density at radius 2 is 2.35 bits per heavy atom. The second-order valence-corrected chi connectivity index (χ2v) is 4.23. The van der Waals surface area contributed by atoms with Gasteiger partial charge in [0.1, 0.15) is 6.54 Å². The highest BCUT2D eigenvalue weighted by molar-refractivity contribution is 9.10. The van der Waals surface area contributed by atoms with Crippen molar-refractivity contribution in [2.75, 3.05) is 11.1 Å². The number of nitrogens with one attached hydrogen (secondary N) is 1. The number of nitrogens with two attached hydrogens (primary N) is 1. The molecule has 7 heteroatoms. The zero-order valence-corrected chi connectivity index (χ0v) is 10.4. The molecule has 1 amide bonds. The molecule has 2 rings (SSSR count). The normalized spacial score (nSPS) is 10.2. The van der Waals surface area contributed by atoms with E-state index in [1.165, 1.54) is 10.9 Å². The van der Waals surface area contributed by atoms with Crippen LogP contribution in [0.5, 0.6) is 0 Å². The minimum atomic E-state index is -0.181. The maximum Gasteiger partial charge on any atom is 0.246 e. The summed E-state index contributed by atoms with van der Waals surface area (Å²) >= 11 is 3.29. The Hall–Kier alpha value is -1.89. The summed E-state index contributed by atoms with van der Waals surface area (Å²) in [7, 11) is 0. The largest absolute Gasteiger partial charge is 0.396 e. The molecule has 88 valence electrons. The van der Waals surface area contributed by atoms with E-state index in [-0.39, 0.29) is 12.5 Å². The van der Waals surface area contributed by atoms with Crippen LogP contribution in [0.2, 0.25) is 0 Å². The first-order chi connectivity index (χ1) is 8.15. The molecule has 2 heterocycles. The summed E-state index contributed by atoms with van der Waals surface area (Å²) in [5.74, 6) is -0.181. The van der Waals surface area contributed by atoms with Crippen LogP contribution in [0.3, 0.4) is 0 Å². The monoisotopic (exact) mass is 295 g/mol. The van der Waals surface area contributed by atoms with Crippen LogP contribution in [0.1, 0.15) is 0 Å². The molecule has 2 aromatic rings. The van der Waals surface area contributed by atoms with Gasteiger partial charge in [0.25, 0.3) is 0 Å². The van der Waals surface area contributed by atoms with Gasteiger partial charge in [0.2, 0.25) is 5.91 Å². The van der Waals surface area contributed by atoms with Gasteiger partial charge in [-0.15, -0.1) is 0 Å². The van der Waals surface area contributed by atoms with E-state index in [9.17, 15) is 4.79 Å². The van der Waals surface area contributed by atoms with Gasteiger partial charge in [0, 0.05) is 18.6 Å². The molecule has 6 nitrogen and oxygen atoms in total. The third-order valence-electron chi connectivity index (χ3n) is 2.01. The average molecular weight is 296 g/mol. The zero-order chi connectivity index (χ0) is 12.3. The molecule has 0 saturated heterocycles. The van der Waals surface area contributed by atoms with Gasteiger partial charge < -0.3 is 11.1 Å². The maximum absolute atomic E-state index is 11.7. The number of amides is 1. The highest BCUT2D eigenvalue weighted by Gasteiger charge is 2.06. The molecule has 0 atom stereocenters. The summed E-state index contributed by atoms with van der Waals surface area (Å²) in [6.07, 6.45) is 6.31. The molecule has 0 aromatic carbocycles. The van der Waals surface area contributed by atoms with Crippen LogP contribution < -0.4 is 11.1 Å². The number of pyridine rings is 1. The summed E-state index contributed by atoms with van der Waals surface area (Å²) in [5, 5.41) is 6.67. The van der Waals surface area contributed by atoms with Crippen molar-refractivity contribution in [1.29, 1.82) is 0 Å². The molecular formula is C10H10BrN5O. The number of aromatic nitrogens is 3. The van der Waals surface area contributed by atoms with Crippen LogP contribution in [0, 0.1) is 0 Å². The van der Waals surface area contributed by atoms with E-state index in [1.54, 1.807) is 24.7 Å². The first kappa shape index (κ1) is 11.6. The lowest BCUT2D eigenvalue weighted by Gasteiger charge is -2.06. The Morgan fingerprint density at radius 3 is 3.00 bits per heavy atom. The fourth-order valence-electron chi connectivity index (χ4n) is 1.28. The van der Waals surface area contributed by atoms with E-state index >= 15 is 0 Å². The fourth-order valence-corrected chi connectivity index (χ4v) is 1.63. The fraction of sp³-hybridized carbons (Fsp3) is 0.100. The van der Waals surface area contributed by atoms with Gasteiger partial charge in [-0.05, 0) is 22.0 Å². The summed E-state index contributed by atoms with van der Waals surface area (Å²) in [6, 6.07) is 1.71. The van der Waals surface area contributed by atoms with Crippen LogP contribution >= 0.6 is 15.9 Å². The molecule has 0 unspecified atom stereocenters. The smallest absolute Gasteiger partial charge is 0.246 e. The predicted molar refractivity (Wildman–Crippen MR) is 67.2 cm³/mol. The number of hydrogen-bond donors (Lipinski definition) is 2. The first-order valence-electron chi connectivity index (χ1n) is 4.82. The molecule has 0 fully saturated rings. The number of nitrogen functional groups attached to an aromatic ring is 1. The van der Waals surface area contributed by atoms with Gasteiger partial charge >= 0.3 is 0 Å². The van der Waals surface area contributed by atoms with E-state index in [2.05, 4.69) is 31.3 Å². The highest BCUT2D eigenvalue weighted by atomic mass is 79.9. The van der Waals surface area contributed by atoms with Crippen molar-refractivity contribution < 1.29 is 4.79 Å². The van der Waals surface area contributed by atoms with E-state index in [0.29, 0.717) is 11.4 Å². The van der Waals surface area contributed by atoms with Gasteiger partial charge in [-0.1, -0.05) is 0 Å². The molecule has 0 saturated carbocycles. The summed E-state index contributed by atoms with van der Waals surface area (Å²) in [5.41, 5.74) is 6.70. The second-order valence-electron chi connectivity index (χ2n) is 3.37. The van der Waals surface area contributed by atoms with Crippen LogP contribution in [0.4, 0.5) is 11.4 Å². The van der Waals surface area contributed by atoms with Gasteiger partial charge in [-0.3, -0.25) is 14.5 Å². The molecule has 0 aliphatic heterocycles. The van der Waals surface area contributed by atoms with Gasteiger partial charge in [-0.25, -0.2) is 0 Å². The Bertz CT molecular complexity index is 539. The lowest BCUT2D eigenvalue weighted by atomic mass is 10.4. The third-order valence-corrected chi connectivity index (χ3v) is 2.64. The van der Waals surface area contributed by atoms with Crippen molar-refractivity contribution in [2.24, 2.45) is 0 Å². The topological polar surface area (TPSA) is 85.8 Å². The molecule has 0 radical (unpaired) electrons. The minimum Gasteiger partial charge on any atom is -0.396 e. The molecule has 2 aromatic heterocycles. The number of rotatable bonds is 3. The van der Waals surface area contributed by atoms with Crippen molar-refractivity contribution in [3.05, 3.63) is 35.3 Å². The molecule has 0 bridgehead atoms. The number of anilines is 2. The van der Waals surface area contributed by atoms with Crippen molar-refractivity contribution in [3.63, 3.8) is 0 Å². The third kappa shape index (κ3) is 3.04. The van der Waals surface area contributed by atoms with Crippen molar-refractivity contribution in [3.8, 4) is 0 Å². The molecule has 17 heavy (non-hydrogen) atoms. The number of carbonyl (C=O) groups is 1. The van der Waals surface area contributed by atoms with Crippen LogP contribution in [0.15, 0.2) is 35.3 Å². The van der Waals surface area contributed by atoms with E-state index in [4.69, 9.17) is 5.73 Å². The first-order valence-corrected chi connectivity index (χ1v) is 5.62. The number of halogens is 1. The molecular weight excluding hydrogens is 286 g/mol. The Balaban J connectivity index is 2.01. The van der Waals surface area contributed by atoms with Gasteiger partial charge in [0.15, 0.2) is 0 Å². The summed E-state index contributed by atoms with van der Waals surface area (Å²) in [4.78, 5) is 15.6. The summed E-state index contributed by atoms with van der Waals surface area (Å²) < 4.78 is 2.20. The van der Waals surface area contributed by atoms with Gasteiger partial charge in [-0.2, -0.15) is 5.10 Å². The van der Waals surface area contributed by atoms with Crippen LogP contribution in [0.25, 0.3) is 0 Å². The predicted octanol–water partition coefficient (Wildman–Crippen LogP) is 1.26.